The van der Waals surface area contributed by atoms with E-state index in [2.05, 4.69) is 0 Å². The lowest BCUT2D eigenvalue weighted by Crippen LogP contribution is -2.29. The molecule has 1 aromatic rings. The van der Waals surface area contributed by atoms with Crippen molar-refractivity contribution in [2.24, 2.45) is 5.92 Å². The molecule has 1 N–H and O–H groups in total. The molecule has 0 radical (unpaired) electrons. The van der Waals surface area contributed by atoms with Gasteiger partial charge in [0.1, 0.15) is 0 Å². The Kier molecular flexibility index (Phi) is 4.77. The zero-order chi connectivity index (χ0) is 12.1. The Morgan fingerprint density at radius 1 is 1.44 bits per heavy atom. The molecule has 0 bridgehead atoms. The summed E-state index contributed by atoms with van der Waals surface area (Å²) in [6.07, 6.45) is -0.795. The summed E-state index contributed by atoms with van der Waals surface area (Å²) in [6, 6.07) is 7.24. The zero-order valence-electron chi connectivity index (χ0n) is 9.31. The molecular formula is C12H15ClO3. The molecular weight excluding hydrogens is 228 g/mol. The summed E-state index contributed by atoms with van der Waals surface area (Å²) in [4.78, 5) is 10.9. The zero-order valence-corrected chi connectivity index (χ0v) is 10.1. The molecule has 0 saturated heterocycles. The molecule has 0 aliphatic carbocycles. The van der Waals surface area contributed by atoms with Gasteiger partial charge in [-0.05, 0) is 17.5 Å². The first-order valence-electron chi connectivity index (χ1n) is 5.10. The Hall–Kier alpha value is -1.06. The van der Waals surface area contributed by atoms with E-state index in [0.717, 1.165) is 5.56 Å². The number of hydrogen-bond donors (Lipinski definition) is 1. The summed E-state index contributed by atoms with van der Waals surface area (Å²) < 4.78 is 5.35. The quantitative estimate of drug-likeness (QED) is 0.864. The fourth-order valence-corrected chi connectivity index (χ4v) is 1.53. The molecule has 1 atom stereocenters. The summed E-state index contributed by atoms with van der Waals surface area (Å²) in [7, 11) is 0. The van der Waals surface area contributed by atoms with E-state index in [1.807, 2.05) is 32.0 Å². The van der Waals surface area contributed by atoms with Crippen LogP contribution < -0.4 is 0 Å². The van der Waals surface area contributed by atoms with Crippen molar-refractivity contribution in [2.45, 2.75) is 26.6 Å². The second-order valence-corrected chi connectivity index (χ2v) is 4.31. The molecule has 0 aromatic heterocycles. The topological polar surface area (TPSA) is 46.5 Å². The molecule has 0 aliphatic rings. The minimum Gasteiger partial charge on any atom is -0.479 e. The fraction of sp³-hybridized carbons (Fsp3) is 0.417. The van der Waals surface area contributed by atoms with Crippen molar-refractivity contribution in [2.75, 3.05) is 0 Å². The first kappa shape index (κ1) is 13.0. The molecule has 3 nitrogen and oxygen atoms in total. The van der Waals surface area contributed by atoms with Crippen LogP contribution in [0.4, 0.5) is 0 Å². The van der Waals surface area contributed by atoms with Crippen molar-refractivity contribution in [3.05, 3.63) is 34.9 Å². The minimum absolute atomic E-state index is 0.0695. The number of carboxylic acids is 1. The van der Waals surface area contributed by atoms with Crippen LogP contribution in [0.5, 0.6) is 0 Å². The van der Waals surface area contributed by atoms with Gasteiger partial charge in [0.15, 0.2) is 6.10 Å². The van der Waals surface area contributed by atoms with Gasteiger partial charge in [0.2, 0.25) is 0 Å². The Morgan fingerprint density at radius 3 is 2.56 bits per heavy atom. The number of carbonyl (C=O) groups is 1. The number of hydrogen-bond acceptors (Lipinski definition) is 2. The first-order valence-corrected chi connectivity index (χ1v) is 5.48. The lowest BCUT2D eigenvalue weighted by molar-refractivity contribution is -0.154. The summed E-state index contributed by atoms with van der Waals surface area (Å²) in [5, 5.41) is 9.53. The number of ether oxygens (including phenoxy) is 1. The standard InChI is InChI=1S/C12H15ClO3/c1-8(2)11(12(14)15)16-7-9-5-3-4-6-10(9)13/h3-6,8,11H,7H2,1-2H3,(H,14,15). The highest BCUT2D eigenvalue weighted by atomic mass is 35.5. The average Bonchev–Trinajstić information content (AvgIpc) is 2.20. The molecule has 1 unspecified atom stereocenters. The highest BCUT2D eigenvalue weighted by molar-refractivity contribution is 6.31. The highest BCUT2D eigenvalue weighted by Crippen LogP contribution is 2.18. The maximum atomic E-state index is 10.9. The number of benzene rings is 1. The lowest BCUT2D eigenvalue weighted by Gasteiger charge is -2.17. The van der Waals surface area contributed by atoms with Crippen LogP contribution in [0.2, 0.25) is 5.02 Å². The summed E-state index contributed by atoms with van der Waals surface area (Å²) in [5.41, 5.74) is 0.802. The van der Waals surface area contributed by atoms with E-state index in [4.69, 9.17) is 21.4 Å². The number of rotatable bonds is 5. The van der Waals surface area contributed by atoms with Crippen molar-refractivity contribution in [3.63, 3.8) is 0 Å². The Morgan fingerprint density at radius 2 is 2.06 bits per heavy atom. The van der Waals surface area contributed by atoms with E-state index in [1.54, 1.807) is 6.07 Å². The SMILES string of the molecule is CC(C)C(OCc1ccccc1Cl)C(=O)O. The summed E-state index contributed by atoms with van der Waals surface area (Å²) >= 11 is 5.94. The molecule has 88 valence electrons. The molecule has 0 heterocycles. The number of carboxylic acid groups (broad SMARTS) is 1. The van der Waals surface area contributed by atoms with Gasteiger partial charge in [-0.15, -0.1) is 0 Å². The van der Waals surface area contributed by atoms with Gasteiger partial charge in [-0.25, -0.2) is 4.79 Å². The fourth-order valence-electron chi connectivity index (χ4n) is 1.34. The van der Waals surface area contributed by atoms with E-state index in [0.29, 0.717) is 5.02 Å². The van der Waals surface area contributed by atoms with Crippen molar-refractivity contribution in [1.82, 2.24) is 0 Å². The van der Waals surface area contributed by atoms with Gasteiger partial charge in [0, 0.05) is 5.02 Å². The van der Waals surface area contributed by atoms with E-state index in [9.17, 15) is 4.79 Å². The molecule has 1 rings (SSSR count). The normalized spacial score (nSPS) is 12.8. The maximum absolute atomic E-state index is 10.9. The van der Waals surface area contributed by atoms with E-state index in [-0.39, 0.29) is 12.5 Å². The first-order chi connectivity index (χ1) is 7.52. The van der Waals surface area contributed by atoms with Gasteiger partial charge < -0.3 is 9.84 Å². The van der Waals surface area contributed by atoms with Crippen LogP contribution in [-0.4, -0.2) is 17.2 Å². The summed E-state index contributed by atoms with van der Waals surface area (Å²) in [5.74, 6) is -1.01. The average molecular weight is 243 g/mol. The number of aliphatic carboxylic acids is 1. The van der Waals surface area contributed by atoms with Crippen molar-refractivity contribution < 1.29 is 14.6 Å². The van der Waals surface area contributed by atoms with Gasteiger partial charge in [-0.3, -0.25) is 0 Å². The van der Waals surface area contributed by atoms with Crippen molar-refractivity contribution in [3.8, 4) is 0 Å². The lowest BCUT2D eigenvalue weighted by atomic mass is 10.1. The molecule has 0 aliphatic heterocycles. The van der Waals surface area contributed by atoms with E-state index in [1.165, 1.54) is 0 Å². The second kappa shape index (κ2) is 5.87. The predicted octanol–water partition coefficient (Wildman–Crippen LogP) is 2.97. The van der Waals surface area contributed by atoms with Crippen molar-refractivity contribution >= 4 is 17.6 Å². The van der Waals surface area contributed by atoms with Gasteiger partial charge in [-0.1, -0.05) is 43.6 Å². The Balaban J connectivity index is 2.63. The smallest absolute Gasteiger partial charge is 0.333 e. The largest absolute Gasteiger partial charge is 0.479 e. The summed E-state index contributed by atoms with van der Waals surface area (Å²) in [6.45, 7) is 3.84. The molecule has 0 amide bonds. The second-order valence-electron chi connectivity index (χ2n) is 3.91. The van der Waals surface area contributed by atoms with Crippen molar-refractivity contribution in [1.29, 1.82) is 0 Å². The van der Waals surface area contributed by atoms with Crippen LogP contribution >= 0.6 is 11.6 Å². The Bertz CT molecular complexity index is 363. The van der Waals surface area contributed by atoms with Crippen LogP contribution in [0.15, 0.2) is 24.3 Å². The molecule has 0 saturated carbocycles. The van der Waals surface area contributed by atoms with Gasteiger partial charge >= 0.3 is 5.97 Å². The van der Waals surface area contributed by atoms with Gasteiger partial charge in [0.05, 0.1) is 6.61 Å². The maximum Gasteiger partial charge on any atom is 0.333 e. The predicted molar refractivity (Wildman–Crippen MR) is 62.5 cm³/mol. The molecule has 0 fully saturated rings. The van der Waals surface area contributed by atoms with Gasteiger partial charge in [0.25, 0.3) is 0 Å². The third-order valence-corrected chi connectivity index (χ3v) is 2.59. The van der Waals surface area contributed by atoms with E-state index >= 15 is 0 Å². The molecule has 16 heavy (non-hydrogen) atoms. The third-order valence-electron chi connectivity index (χ3n) is 2.23. The van der Waals surface area contributed by atoms with Crippen LogP contribution in [-0.2, 0) is 16.1 Å². The number of halogens is 1. The van der Waals surface area contributed by atoms with Crippen LogP contribution in [0.1, 0.15) is 19.4 Å². The highest BCUT2D eigenvalue weighted by Gasteiger charge is 2.22. The third kappa shape index (κ3) is 3.51. The van der Waals surface area contributed by atoms with Crippen LogP contribution in [0.3, 0.4) is 0 Å². The Labute approximate surface area is 100.0 Å². The van der Waals surface area contributed by atoms with Gasteiger partial charge in [-0.2, -0.15) is 0 Å². The molecule has 1 aromatic carbocycles. The monoisotopic (exact) mass is 242 g/mol. The van der Waals surface area contributed by atoms with Crippen LogP contribution in [0.25, 0.3) is 0 Å². The van der Waals surface area contributed by atoms with E-state index < -0.39 is 12.1 Å². The minimum atomic E-state index is -0.943. The molecule has 4 heteroatoms. The van der Waals surface area contributed by atoms with Crippen LogP contribution in [0, 0.1) is 5.92 Å². The molecule has 0 spiro atoms.